The van der Waals surface area contributed by atoms with Crippen LogP contribution in [0.15, 0.2) is 36.4 Å². The first-order valence-corrected chi connectivity index (χ1v) is 9.98. The minimum absolute atomic E-state index is 0.150. The molecule has 0 bridgehead atoms. The minimum Gasteiger partial charge on any atom is -0.478 e. The Hall–Kier alpha value is -3.23. The molecule has 0 amide bonds. The highest BCUT2D eigenvalue weighted by Crippen LogP contribution is 2.35. The summed E-state index contributed by atoms with van der Waals surface area (Å²) in [6.07, 6.45) is -3.95. The van der Waals surface area contributed by atoms with Crippen LogP contribution in [0.25, 0.3) is 11.0 Å². The van der Waals surface area contributed by atoms with E-state index in [0.717, 1.165) is 17.6 Å². The summed E-state index contributed by atoms with van der Waals surface area (Å²) in [6.45, 7) is 4.78. The lowest BCUT2D eigenvalue weighted by Gasteiger charge is -2.28. The van der Waals surface area contributed by atoms with E-state index in [1.54, 1.807) is 12.1 Å². The van der Waals surface area contributed by atoms with Crippen molar-refractivity contribution in [2.45, 2.75) is 45.6 Å². The highest BCUT2D eigenvalue weighted by Gasteiger charge is 2.32. The number of rotatable bonds is 5. The molecule has 4 rings (SSSR count). The lowest BCUT2D eigenvalue weighted by atomic mass is 10.0. The minimum atomic E-state index is -4.39. The quantitative estimate of drug-likeness (QED) is 0.580. The highest BCUT2D eigenvalue weighted by molar-refractivity contribution is 5.93. The molecule has 9 heteroatoms. The first-order valence-electron chi connectivity index (χ1n) is 9.98. The van der Waals surface area contributed by atoms with E-state index in [-0.39, 0.29) is 5.56 Å². The first kappa shape index (κ1) is 21.0. The van der Waals surface area contributed by atoms with Gasteiger partial charge in [-0.15, -0.1) is 0 Å². The van der Waals surface area contributed by atoms with Gasteiger partial charge in [-0.3, -0.25) is 0 Å². The Bertz CT molecular complexity index is 1140. The molecular formula is C22H22F3N3O3. The number of nitrogens with one attached hydrogen (secondary N) is 1. The zero-order valence-electron chi connectivity index (χ0n) is 17.0. The number of hydrogen-bond acceptors (Lipinski definition) is 4. The van der Waals surface area contributed by atoms with Gasteiger partial charge in [0.05, 0.1) is 22.2 Å². The fourth-order valence-corrected chi connectivity index (χ4v) is 3.73. The van der Waals surface area contributed by atoms with Gasteiger partial charge in [0, 0.05) is 13.0 Å². The van der Waals surface area contributed by atoms with E-state index in [4.69, 9.17) is 4.74 Å². The molecular weight excluding hydrogens is 411 g/mol. The summed E-state index contributed by atoms with van der Waals surface area (Å²) in [5, 5.41) is 12.5. The second-order valence-electron chi connectivity index (χ2n) is 8.06. The number of ether oxygens (including phenoxy) is 1. The van der Waals surface area contributed by atoms with Crippen molar-refractivity contribution in [1.29, 1.82) is 0 Å². The molecule has 164 valence electrons. The van der Waals surface area contributed by atoms with E-state index < -0.39 is 23.9 Å². The van der Waals surface area contributed by atoms with Crippen LogP contribution in [0.2, 0.25) is 0 Å². The number of alkyl halides is 3. The topological polar surface area (TPSA) is 76.4 Å². The van der Waals surface area contributed by atoms with Crippen molar-refractivity contribution in [2.75, 3.05) is 5.32 Å². The van der Waals surface area contributed by atoms with E-state index in [2.05, 4.69) is 24.1 Å². The van der Waals surface area contributed by atoms with Crippen molar-refractivity contribution in [2.24, 2.45) is 5.92 Å². The fourth-order valence-electron chi connectivity index (χ4n) is 3.73. The average Bonchev–Trinajstić information content (AvgIpc) is 3.02. The average molecular weight is 433 g/mol. The molecule has 0 saturated heterocycles. The van der Waals surface area contributed by atoms with Crippen molar-refractivity contribution in [1.82, 2.24) is 9.55 Å². The monoisotopic (exact) mass is 433 g/mol. The van der Waals surface area contributed by atoms with E-state index in [9.17, 15) is 23.1 Å². The Morgan fingerprint density at radius 1 is 1.29 bits per heavy atom. The molecule has 2 N–H and O–H groups in total. The third-order valence-corrected chi connectivity index (χ3v) is 5.17. The normalized spacial score (nSPS) is 16.3. The standard InChI is InChI=1S/C22H22F3N3O3/c1-12(2)11-28-17-6-3-14(20(29)30)10-16(17)26-21(28)27-19-8-4-13-9-15(22(23,24)25)5-7-18(13)31-19/h3,5-7,9-10,12,19H,4,8,11H2,1-2H3,(H,26,27)(H,29,30). The van der Waals surface area contributed by atoms with Crippen LogP contribution >= 0.6 is 0 Å². The Labute approximate surface area is 176 Å². The number of carboxylic acids is 1. The zero-order valence-corrected chi connectivity index (χ0v) is 17.0. The second-order valence-corrected chi connectivity index (χ2v) is 8.06. The van der Waals surface area contributed by atoms with Crippen molar-refractivity contribution in [3.8, 4) is 5.75 Å². The number of anilines is 1. The SMILES string of the molecule is CC(C)Cn1c(NC2CCc3cc(C(F)(F)F)ccc3O2)nc2cc(C(=O)O)ccc21. The van der Waals surface area contributed by atoms with Gasteiger partial charge in [-0.25, -0.2) is 9.78 Å². The lowest BCUT2D eigenvalue weighted by Crippen LogP contribution is -2.32. The van der Waals surface area contributed by atoms with E-state index in [0.29, 0.717) is 48.1 Å². The van der Waals surface area contributed by atoms with Crippen LogP contribution in [-0.4, -0.2) is 26.9 Å². The Kier molecular flexibility index (Phi) is 5.28. The predicted molar refractivity (Wildman–Crippen MR) is 109 cm³/mol. The number of hydrogen-bond donors (Lipinski definition) is 2. The van der Waals surface area contributed by atoms with Gasteiger partial charge in [0.1, 0.15) is 5.75 Å². The van der Waals surface area contributed by atoms with Gasteiger partial charge in [-0.2, -0.15) is 13.2 Å². The molecule has 2 aromatic carbocycles. The molecule has 1 aliphatic heterocycles. The van der Waals surface area contributed by atoms with Crippen LogP contribution in [0.4, 0.5) is 19.1 Å². The fraction of sp³-hybridized carbons (Fsp3) is 0.364. The highest BCUT2D eigenvalue weighted by atomic mass is 19.4. The summed E-state index contributed by atoms with van der Waals surface area (Å²) in [6, 6.07) is 8.29. The summed E-state index contributed by atoms with van der Waals surface area (Å²) in [7, 11) is 0. The molecule has 2 heterocycles. The molecule has 3 aromatic rings. The lowest BCUT2D eigenvalue weighted by molar-refractivity contribution is -0.137. The molecule has 0 saturated carbocycles. The van der Waals surface area contributed by atoms with Gasteiger partial charge in [0.15, 0.2) is 6.23 Å². The number of carboxylic acid groups (broad SMARTS) is 1. The third kappa shape index (κ3) is 4.30. The maximum absolute atomic E-state index is 12.9. The molecule has 0 spiro atoms. The van der Waals surface area contributed by atoms with Crippen LogP contribution in [0, 0.1) is 5.92 Å². The van der Waals surface area contributed by atoms with Crippen molar-refractivity contribution in [3.05, 3.63) is 53.1 Å². The Morgan fingerprint density at radius 2 is 2.06 bits per heavy atom. The Balaban J connectivity index is 1.61. The second kappa shape index (κ2) is 7.79. The van der Waals surface area contributed by atoms with Crippen LogP contribution in [0.5, 0.6) is 5.75 Å². The van der Waals surface area contributed by atoms with Crippen LogP contribution in [0.3, 0.4) is 0 Å². The van der Waals surface area contributed by atoms with Crippen LogP contribution in [-0.2, 0) is 19.1 Å². The number of halogens is 3. The number of benzene rings is 2. The molecule has 1 unspecified atom stereocenters. The molecule has 1 aromatic heterocycles. The number of fused-ring (bicyclic) bond motifs is 2. The largest absolute Gasteiger partial charge is 0.478 e. The molecule has 1 atom stereocenters. The molecule has 31 heavy (non-hydrogen) atoms. The molecule has 0 aliphatic carbocycles. The van der Waals surface area contributed by atoms with Crippen LogP contribution < -0.4 is 10.1 Å². The smallest absolute Gasteiger partial charge is 0.416 e. The van der Waals surface area contributed by atoms with E-state index in [1.807, 2.05) is 4.57 Å². The van der Waals surface area contributed by atoms with E-state index >= 15 is 0 Å². The maximum Gasteiger partial charge on any atom is 0.416 e. The summed E-state index contributed by atoms with van der Waals surface area (Å²) in [4.78, 5) is 15.9. The van der Waals surface area contributed by atoms with Gasteiger partial charge in [0.2, 0.25) is 5.95 Å². The number of carbonyl (C=O) groups is 1. The summed E-state index contributed by atoms with van der Waals surface area (Å²) in [5.74, 6) is 0.231. The predicted octanol–water partition coefficient (Wildman–Crippen LogP) is 5.17. The molecule has 0 fully saturated rings. The van der Waals surface area contributed by atoms with Crippen LogP contribution in [0.1, 0.15) is 41.8 Å². The Morgan fingerprint density at radius 3 is 2.74 bits per heavy atom. The summed E-state index contributed by atoms with van der Waals surface area (Å²) in [5.41, 5.74) is 1.33. The van der Waals surface area contributed by atoms with E-state index in [1.165, 1.54) is 12.1 Å². The summed E-state index contributed by atoms with van der Waals surface area (Å²) >= 11 is 0. The molecule has 0 radical (unpaired) electrons. The van der Waals surface area contributed by atoms with Gasteiger partial charge >= 0.3 is 12.1 Å². The number of nitrogens with zero attached hydrogens (tertiary/aromatic N) is 2. The number of imidazole rings is 1. The molecule has 6 nitrogen and oxygen atoms in total. The van der Waals surface area contributed by atoms with Crippen molar-refractivity contribution < 1.29 is 27.8 Å². The van der Waals surface area contributed by atoms with Gasteiger partial charge in [-0.05, 0) is 54.3 Å². The van der Waals surface area contributed by atoms with Crippen molar-refractivity contribution >= 4 is 23.0 Å². The molecule has 1 aliphatic rings. The van der Waals surface area contributed by atoms with Crippen molar-refractivity contribution in [3.63, 3.8) is 0 Å². The van der Waals surface area contributed by atoms with Gasteiger partial charge < -0.3 is 19.7 Å². The first-order chi connectivity index (χ1) is 14.6. The zero-order chi connectivity index (χ0) is 22.3. The number of aryl methyl sites for hydroxylation is 1. The number of aromatic nitrogens is 2. The van der Waals surface area contributed by atoms with Gasteiger partial charge in [-0.1, -0.05) is 13.8 Å². The number of aromatic carboxylic acids is 1. The third-order valence-electron chi connectivity index (χ3n) is 5.17. The van der Waals surface area contributed by atoms with Gasteiger partial charge in [0.25, 0.3) is 0 Å². The summed E-state index contributed by atoms with van der Waals surface area (Å²) < 4.78 is 46.7. The maximum atomic E-state index is 12.9.